The van der Waals surface area contributed by atoms with Gasteiger partial charge in [0, 0.05) is 12.8 Å². The van der Waals surface area contributed by atoms with Crippen LogP contribution >= 0.6 is 7.82 Å². The monoisotopic (exact) mass is 766 g/mol. The van der Waals surface area contributed by atoms with Gasteiger partial charge in [0.25, 0.3) is 0 Å². The predicted octanol–water partition coefficient (Wildman–Crippen LogP) is 10.1. The van der Waals surface area contributed by atoms with E-state index in [0.717, 1.165) is 64.2 Å². The van der Waals surface area contributed by atoms with E-state index in [1.165, 1.54) is 38.5 Å². The molecule has 0 saturated carbocycles. The first-order chi connectivity index (χ1) is 25.7. The van der Waals surface area contributed by atoms with Gasteiger partial charge in [-0.05, 0) is 89.9 Å². The topological polar surface area (TPSA) is 149 Å². The molecule has 0 aromatic heterocycles. The molecule has 0 aliphatic carbocycles. The highest BCUT2D eigenvalue weighted by molar-refractivity contribution is 7.47. The highest BCUT2D eigenvalue weighted by atomic mass is 31.2. The van der Waals surface area contributed by atoms with Gasteiger partial charge >= 0.3 is 19.8 Å². The fourth-order valence-corrected chi connectivity index (χ4v) is 5.50. The third-order valence-corrected chi connectivity index (χ3v) is 8.78. The van der Waals surface area contributed by atoms with Crippen molar-refractivity contribution >= 4 is 19.8 Å². The van der Waals surface area contributed by atoms with Crippen molar-refractivity contribution in [3.8, 4) is 0 Å². The van der Waals surface area contributed by atoms with Gasteiger partial charge in [0.15, 0.2) is 6.10 Å². The van der Waals surface area contributed by atoms with E-state index in [9.17, 15) is 24.2 Å². The van der Waals surface area contributed by atoms with E-state index in [4.69, 9.17) is 19.1 Å². The van der Waals surface area contributed by atoms with Gasteiger partial charge in [-0.2, -0.15) is 0 Å². The second-order valence-electron chi connectivity index (χ2n) is 12.9. The minimum absolute atomic E-state index is 0.123. The summed E-state index contributed by atoms with van der Waals surface area (Å²) in [6.07, 6.45) is 41.6. The lowest BCUT2D eigenvalue weighted by Gasteiger charge is -2.20. The van der Waals surface area contributed by atoms with Crippen molar-refractivity contribution in [1.29, 1.82) is 0 Å². The smallest absolute Gasteiger partial charge is 0.462 e. The lowest BCUT2D eigenvalue weighted by Crippen LogP contribution is -2.29. The van der Waals surface area contributed by atoms with Crippen LogP contribution in [0.5, 0.6) is 0 Å². The normalized spacial score (nSPS) is 14.7. The predicted molar refractivity (Wildman–Crippen MR) is 214 cm³/mol. The summed E-state index contributed by atoms with van der Waals surface area (Å²) < 4.78 is 32.5. The lowest BCUT2D eigenvalue weighted by molar-refractivity contribution is -0.161. The molecule has 0 aliphatic rings. The first-order valence-corrected chi connectivity index (χ1v) is 21.4. The summed E-state index contributed by atoms with van der Waals surface area (Å²) in [6.45, 7) is 2.20. The number of hydrogen-bond acceptors (Lipinski definition) is 9. The van der Waals surface area contributed by atoms with E-state index in [-0.39, 0.29) is 19.4 Å². The molecule has 0 aromatic rings. The van der Waals surface area contributed by atoms with Gasteiger partial charge in [-0.25, -0.2) is 4.57 Å². The zero-order valence-electron chi connectivity index (χ0n) is 32.7. The average molecular weight is 767 g/mol. The van der Waals surface area contributed by atoms with Gasteiger partial charge in [0.1, 0.15) is 12.7 Å². The Morgan fingerprint density at radius 2 is 0.962 bits per heavy atom. The molecule has 0 radical (unpaired) electrons. The Balaban J connectivity index is 4.51. The van der Waals surface area contributed by atoms with Crippen molar-refractivity contribution in [2.45, 2.75) is 154 Å². The van der Waals surface area contributed by atoms with Crippen molar-refractivity contribution < 1.29 is 47.8 Å². The van der Waals surface area contributed by atoms with Crippen LogP contribution in [0, 0.1) is 0 Å². The lowest BCUT2D eigenvalue weighted by atomic mass is 10.1. The maximum absolute atomic E-state index is 12.6. The van der Waals surface area contributed by atoms with Crippen LogP contribution in [0.1, 0.15) is 142 Å². The number of carbonyl (C=O) groups is 2. The summed E-state index contributed by atoms with van der Waals surface area (Å²) in [6, 6.07) is 0. The molecule has 0 heterocycles. The number of aliphatic hydroxyl groups is 2. The van der Waals surface area contributed by atoms with Gasteiger partial charge in [0.2, 0.25) is 0 Å². The number of allylic oxidation sites excluding steroid dienone is 12. The maximum Gasteiger partial charge on any atom is 0.472 e. The van der Waals surface area contributed by atoms with E-state index in [0.29, 0.717) is 12.8 Å². The molecular formula is C42H71O10P. The maximum atomic E-state index is 12.6. The summed E-state index contributed by atoms with van der Waals surface area (Å²) in [5.41, 5.74) is 0. The number of aliphatic hydroxyl groups excluding tert-OH is 2. The summed E-state index contributed by atoms with van der Waals surface area (Å²) in [7, 11) is -4.64. The number of carbonyl (C=O) groups excluding carboxylic acids is 2. The van der Waals surface area contributed by atoms with E-state index in [2.05, 4.69) is 91.3 Å². The second-order valence-corrected chi connectivity index (χ2v) is 14.4. The third kappa shape index (κ3) is 37.5. The first kappa shape index (κ1) is 50.4. The quantitative estimate of drug-likeness (QED) is 0.0243. The fourth-order valence-electron chi connectivity index (χ4n) is 4.71. The Labute approximate surface area is 320 Å². The molecule has 1 unspecified atom stereocenters. The zero-order chi connectivity index (χ0) is 39.1. The number of hydrogen-bond donors (Lipinski definition) is 3. The molecule has 0 amide bonds. The molecule has 0 bridgehead atoms. The largest absolute Gasteiger partial charge is 0.472 e. The minimum Gasteiger partial charge on any atom is -0.462 e. The van der Waals surface area contributed by atoms with Crippen molar-refractivity contribution in [1.82, 2.24) is 0 Å². The number of esters is 2. The number of rotatable bonds is 36. The number of phosphoric ester groups is 1. The summed E-state index contributed by atoms with van der Waals surface area (Å²) in [4.78, 5) is 34.8. The molecular weight excluding hydrogens is 695 g/mol. The molecule has 304 valence electrons. The number of unbranched alkanes of at least 4 members (excludes halogenated alkanes) is 10. The number of phosphoric acid groups is 1. The Kier molecular flexibility index (Phi) is 35.9. The van der Waals surface area contributed by atoms with E-state index in [1.807, 2.05) is 0 Å². The zero-order valence-corrected chi connectivity index (χ0v) is 33.6. The van der Waals surface area contributed by atoms with E-state index in [1.54, 1.807) is 0 Å². The van der Waals surface area contributed by atoms with Crippen LogP contribution in [0.3, 0.4) is 0 Å². The average Bonchev–Trinajstić information content (AvgIpc) is 3.14. The van der Waals surface area contributed by atoms with Crippen molar-refractivity contribution in [2.24, 2.45) is 0 Å². The van der Waals surface area contributed by atoms with Crippen LogP contribution < -0.4 is 0 Å². The van der Waals surface area contributed by atoms with Crippen LogP contribution in [-0.2, 0) is 32.7 Å². The molecule has 10 nitrogen and oxygen atoms in total. The Morgan fingerprint density at radius 1 is 0.566 bits per heavy atom. The number of ether oxygens (including phenoxy) is 2. The Morgan fingerprint density at radius 3 is 1.40 bits per heavy atom. The summed E-state index contributed by atoms with van der Waals surface area (Å²) >= 11 is 0. The molecule has 53 heavy (non-hydrogen) atoms. The van der Waals surface area contributed by atoms with Gasteiger partial charge in [-0.3, -0.25) is 18.6 Å². The SMILES string of the molecule is CCCCC/C=C\C/C=C\C/C=C\CCCCC(=O)OC[C@H](COP(=O)(O)OC[C@@H](O)CO)OC(=O)CCCC/C=C\C/C=C\C/C=C\CCCCC. The first-order valence-electron chi connectivity index (χ1n) is 19.9. The molecule has 0 spiro atoms. The highest BCUT2D eigenvalue weighted by Crippen LogP contribution is 2.43. The van der Waals surface area contributed by atoms with E-state index < -0.39 is 51.8 Å². The molecule has 11 heteroatoms. The van der Waals surface area contributed by atoms with Crippen LogP contribution in [-0.4, -0.2) is 65.7 Å². The third-order valence-electron chi connectivity index (χ3n) is 7.83. The fraction of sp³-hybridized carbons (Fsp3) is 0.667. The van der Waals surface area contributed by atoms with Gasteiger partial charge in [0.05, 0.1) is 19.8 Å². The molecule has 0 aromatic carbocycles. The Hall–Kier alpha value is -2.59. The Bertz CT molecular complexity index is 1110. The molecule has 3 atom stereocenters. The van der Waals surface area contributed by atoms with Crippen LogP contribution in [0.2, 0.25) is 0 Å². The van der Waals surface area contributed by atoms with Gasteiger partial charge in [-0.15, -0.1) is 0 Å². The van der Waals surface area contributed by atoms with Crippen molar-refractivity contribution in [3.05, 3.63) is 72.9 Å². The second kappa shape index (κ2) is 37.7. The van der Waals surface area contributed by atoms with Gasteiger partial charge < -0.3 is 24.6 Å². The molecule has 0 aliphatic heterocycles. The van der Waals surface area contributed by atoms with Gasteiger partial charge in [-0.1, -0.05) is 112 Å². The molecule has 0 rings (SSSR count). The van der Waals surface area contributed by atoms with Crippen LogP contribution in [0.25, 0.3) is 0 Å². The molecule has 0 fully saturated rings. The van der Waals surface area contributed by atoms with Crippen LogP contribution in [0.15, 0.2) is 72.9 Å². The minimum atomic E-state index is -4.64. The molecule has 0 saturated heterocycles. The standard InChI is InChI=1S/C42H71O10P/c1-3-5-7-9-11-13-15-17-19-21-23-25-27-29-31-33-41(45)49-37-40(38-51-53(47,48)50-36-39(44)35-43)52-42(46)34-32-30-28-26-24-22-20-18-16-14-12-10-8-6-4-2/h11-14,17-20,23-26,39-40,43-44H,3-10,15-16,21-22,27-38H2,1-2H3,(H,47,48)/b13-11-,14-12-,19-17-,20-18-,25-23-,26-24-/t39-,40+/m0/s1. The molecule has 3 N–H and O–H groups in total. The van der Waals surface area contributed by atoms with E-state index >= 15 is 0 Å². The summed E-state index contributed by atoms with van der Waals surface area (Å²) in [5.74, 6) is -1.02. The summed E-state index contributed by atoms with van der Waals surface area (Å²) in [5, 5.41) is 18.3. The van der Waals surface area contributed by atoms with Crippen molar-refractivity contribution in [3.63, 3.8) is 0 Å². The van der Waals surface area contributed by atoms with Crippen LogP contribution in [0.4, 0.5) is 0 Å². The highest BCUT2D eigenvalue weighted by Gasteiger charge is 2.27. The van der Waals surface area contributed by atoms with Crippen molar-refractivity contribution in [2.75, 3.05) is 26.4 Å².